The van der Waals surface area contributed by atoms with Gasteiger partial charge in [-0.15, -0.1) is 0 Å². The molecule has 0 aromatic heterocycles. The Morgan fingerprint density at radius 2 is 2.09 bits per heavy atom. The second-order valence-corrected chi connectivity index (χ2v) is 7.14. The summed E-state index contributed by atoms with van der Waals surface area (Å²) in [5.74, 6) is 1.06. The summed E-state index contributed by atoms with van der Waals surface area (Å²) in [6.07, 6.45) is 3.27. The number of halogens is 2. The lowest BCUT2D eigenvalue weighted by atomic mass is 10.1. The molecule has 122 valence electrons. The number of carbonyl (C=O) groups excluding carboxylic acids is 1. The molecule has 0 bridgehead atoms. The van der Waals surface area contributed by atoms with E-state index in [0.717, 1.165) is 5.56 Å². The van der Waals surface area contributed by atoms with E-state index in [2.05, 4.69) is 10.5 Å². The maximum atomic E-state index is 12.2. The lowest BCUT2D eigenvalue weighted by molar-refractivity contribution is -0.123. The van der Waals surface area contributed by atoms with Gasteiger partial charge in [-0.2, -0.15) is 5.10 Å². The molecule has 2 atom stereocenters. The molecular formula is C16H16Cl2N2O3. The number of hydrogen-bond acceptors (Lipinski definition) is 4. The lowest BCUT2D eigenvalue weighted by Crippen LogP contribution is -2.21. The zero-order valence-corrected chi connectivity index (χ0v) is 14.2. The molecule has 1 fully saturated rings. The van der Waals surface area contributed by atoms with Crippen LogP contribution in [0.25, 0.3) is 0 Å². The molecular weight excluding hydrogens is 339 g/mol. The number of nitrogens with one attached hydrogen (secondary N) is 1. The van der Waals surface area contributed by atoms with Crippen molar-refractivity contribution in [2.45, 2.75) is 13.8 Å². The van der Waals surface area contributed by atoms with Gasteiger partial charge in [0.15, 0.2) is 11.5 Å². The number of nitrogens with zero attached hydrogens (tertiary/aromatic N) is 1. The number of rotatable bonds is 4. The van der Waals surface area contributed by atoms with Gasteiger partial charge in [-0.3, -0.25) is 4.79 Å². The SMILES string of the molecule is CC1(C)[C@H](C(=O)NN=Cc2ccc3c(c2)OCO3)[C@@H]1C=C(Cl)Cl. The molecule has 1 aliphatic heterocycles. The molecule has 7 heteroatoms. The first-order valence-corrected chi connectivity index (χ1v) is 7.90. The monoisotopic (exact) mass is 354 g/mol. The summed E-state index contributed by atoms with van der Waals surface area (Å²) in [6, 6.07) is 5.44. The number of amides is 1. The van der Waals surface area contributed by atoms with E-state index in [4.69, 9.17) is 32.7 Å². The van der Waals surface area contributed by atoms with Crippen molar-refractivity contribution in [3.8, 4) is 11.5 Å². The zero-order valence-electron chi connectivity index (χ0n) is 12.7. The number of benzene rings is 1. The third-order valence-corrected chi connectivity index (χ3v) is 4.54. The van der Waals surface area contributed by atoms with Crippen LogP contribution in [0.4, 0.5) is 0 Å². The Hall–Kier alpha value is -1.72. The van der Waals surface area contributed by atoms with Gasteiger partial charge in [-0.1, -0.05) is 37.0 Å². The molecule has 5 nitrogen and oxygen atoms in total. The Bertz CT molecular complexity index is 697. The fourth-order valence-corrected chi connectivity index (χ4v) is 3.13. The third-order valence-electron chi connectivity index (χ3n) is 4.28. The van der Waals surface area contributed by atoms with Crippen LogP contribution in [0.3, 0.4) is 0 Å². The maximum absolute atomic E-state index is 12.2. The van der Waals surface area contributed by atoms with Gasteiger partial charge in [0.2, 0.25) is 12.7 Å². The van der Waals surface area contributed by atoms with Crippen LogP contribution >= 0.6 is 23.2 Å². The number of hydrogen-bond donors (Lipinski definition) is 1. The van der Waals surface area contributed by atoms with Gasteiger partial charge in [0.05, 0.1) is 12.1 Å². The van der Waals surface area contributed by atoms with Crippen molar-refractivity contribution in [3.05, 3.63) is 34.3 Å². The van der Waals surface area contributed by atoms with E-state index in [1.54, 1.807) is 24.4 Å². The van der Waals surface area contributed by atoms with Gasteiger partial charge < -0.3 is 9.47 Å². The minimum absolute atomic E-state index is 0.0215. The molecule has 0 saturated heterocycles. The smallest absolute Gasteiger partial charge is 0.244 e. The Balaban J connectivity index is 1.60. The van der Waals surface area contributed by atoms with Crippen LogP contribution in [-0.4, -0.2) is 18.9 Å². The van der Waals surface area contributed by atoms with Crippen LogP contribution < -0.4 is 14.9 Å². The molecule has 0 spiro atoms. The van der Waals surface area contributed by atoms with Gasteiger partial charge in [0.25, 0.3) is 0 Å². The van der Waals surface area contributed by atoms with Gasteiger partial charge in [0, 0.05) is 0 Å². The van der Waals surface area contributed by atoms with Crippen molar-refractivity contribution < 1.29 is 14.3 Å². The summed E-state index contributed by atoms with van der Waals surface area (Å²) in [6.45, 7) is 4.22. The Morgan fingerprint density at radius 3 is 2.83 bits per heavy atom. The molecule has 2 aliphatic rings. The minimum atomic E-state index is -0.191. The fourth-order valence-electron chi connectivity index (χ4n) is 2.86. The molecule has 23 heavy (non-hydrogen) atoms. The van der Waals surface area contributed by atoms with Gasteiger partial charge in [-0.25, -0.2) is 5.43 Å². The summed E-state index contributed by atoms with van der Waals surface area (Å²) >= 11 is 11.4. The van der Waals surface area contributed by atoms with Crippen molar-refractivity contribution in [3.63, 3.8) is 0 Å². The number of fused-ring (bicyclic) bond motifs is 1. The Morgan fingerprint density at radius 1 is 1.35 bits per heavy atom. The normalized spacial score (nSPS) is 23.7. The second kappa shape index (κ2) is 6.06. The largest absolute Gasteiger partial charge is 0.454 e. The van der Waals surface area contributed by atoms with Crippen LogP contribution in [0, 0.1) is 17.3 Å². The molecule has 1 aromatic rings. The maximum Gasteiger partial charge on any atom is 0.244 e. The van der Waals surface area contributed by atoms with Crippen molar-refractivity contribution in [1.82, 2.24) is 5.43 Å². The first-order valence-electron chi connectivity index (χ1n) is 7.15. The molecule has 1 N–H and O–H groups in total. The molecule has 1 amide bonds. The first kappa shape index (κ1) is 16.1. The standard InChI is InChI=1S/C16H16Cl2N2O3/c1-16(2)10(6-13(17)18)14(16)15(21)20-19-7-9-3-4-11-12(5-9)23-8-22-11/h3-7,10,14H,8H2,1-2H3,(H,20,21)/t10-,14-/m0/s1. The Labute approximate surface area is 144 Å². The average Bonchev–Trinajstić information content (AvgIpc) is 2.85. The lowest BCUT2D eigenvalue weighted by Gasteiger charge is -2.01. The van der Waals surface area contributed by atoms with E-state index >= 15 is 0 Å². The van der Waals surface area contributed by atoms with E-state index in [9.17, 15) is 4.79 Å². The second-order valence-electron chi connectivity index (χ2n) is 6.13. The zero-order chi connectivity index (χ0) is 16.6. The first-order chi connectivity index (χ1) is 10.9. The van der Waals surface area contributed by atoms with Gasteiger partial charge in [0.1, 0.15) is 4.49 Å². The van der Waals surface area contributed by atoms with Crippen molar-refractivity contribution >= 4 is 35.3 Å². The van der Waals surface area contributed by atoms with Gasteiger partial charge >= 0.3 is 0 Å². The summed E-state index contributed by atoms with van der Waals surface area (Å²) in [5.41, 5.74) is 3.20. The quantitative estimate of drug-likeness (QED) is 0.665. The molecule has 0 radical (unpaired) electrons. The highest BCUT2D eigenvalue weighted by molar-refractivity contribution is 6.55. The summed E-state index contributed by atoms with van der Waals surface area (Å²) in [4.78, 5) is 12.2. The van der Waals surface area contributed by atoms with E-state index in [0.29, 0.717) is 11.5 Å². The fraction of sp³-hybridized carbons (Fsp3) is 0.375. The van der Waals surface area contributed by atoms with Crippen LogP contribution in [0.2, 0.25) is 0 Å². The highest BCUT2D eigenvalue weighted by Gasteiger charge is 2.60. The predicted molar refractivity (Wildman–Crippen MR) is 88.9 cm³/mol. The third kappa shape index (κ3) is 3.31. The molecule has 0 unspecified atom stereocenters. The number of hydrazone groups is 1. The highest BCUT2D eigenvalue weighted by Crippen LogP contribution is 2.59. The van der Waals surface area contributed by atoms with E-state index < -0.39 is 0 Å². The van der Waals surface area contributed by atoms with Crippen molar-refractivity contribution in [1.29, 1.82) is 0 Å². The number of ether oxygens (including phenoxy) is 2. The van der Waals surface area contributed by atoms with E-state index in [-0.39, 0.29) is 34.4 Å². The van der Waals surface area contributed by atoms with E-state index in [1.165, 1.54) is 0 Å². The molecule has 1 heterocycles. The minimum Gasteiger partial charge on any atom is -0.454 e. The Kier molecular flexibility index (Phi) is 4.25. The number of allylic oxidation sites excluding steroid dienone is 1. The van der Waals surface area contributed by atoms with Crippen LogP contribution in [0.15, 0.2) is 33.9 Å². The summed E-state index contributed by atoms with van der Waals surface area (Å²) in [5, 5.41) is 4.00. The molecule has 1 aromatic carbocycles. The van der Waals surface area contributed by atoms with Crippen LogP contribution in [0.5, 0.6) is 11.5 Å². The molecule has 3 rings (SSSR count). The topological polar surface area (TPSA) is 59.9 Å². The van der Waals surface area contributed by atoms with Crippen LogP contribution in [0.1, 0.15) is 19.4 Å². The van der Waals surface area contributed by atoms with Gasteiger partial charge in [-0.05, 0) is 41.2 Å². The molecule has 1 aliphatic carbocycles. The summed E-state index contributed by atoms with van der Waals surface area (Å²) in [7, 11) is 0. The molecule has 1 saturated carbocycles. The summed E-state index contributed by atoms with van der Waals surface area (Å²) < 4.78 is 10.7. The average molecular weight is 355 g/mol. The van der Waals surface area contributed by atoms with E-state index in [1.807, 2.05) is 19.9 Å². The number of carbonyl (C=O) groups is 1. The van der Waals surface area contributed by atoms with Crippen molar-refractivity contribution in [2.75, 3.05) is 6.79 Å². The van der Waals surface area contributed by atoms with Crippen molar-refractivity contribution in [2.24, 2.45) is 22.4 Å². The van der Waals surface area contributed by atoms with Crippen LogP contribution in [-0.2, 0) is 4.79 Å². The predicted octanol–water partition coefficient (Wildman–Crippen LogP) is 3.46. The highest BCUT2D eigenvalue weighted by atomic mass is 35.5.